The van der Waals surface area contributed by atoms with E-state index < -0.39 is 11.9 Å². The minimum atomic E-state index is -2.59. The standard InChI is InChI=1S/C32H20O4P2S2Se2/c41-37(33-25-13-5-1-9-21(25)22-10-2-6-14-26(22)34-37)31-19-17-29(39-31)30-18-20-32(40-30)38(42)35-27-15-7-3-11-23(27)24-12-4-8-16-28(24)36-38/h1-20H. The first-order valence-electron chi connectivity index (χ1n) is 13.1. The normalized spacial score (nSPS) is 15.5. The Bertz CT molecular complexity index is 1850. The molecular weight excluding hydrogens is 732 g/mol. The van der Waals surface area contributed by atoms with Gasteiger partial charge in [0.2, 0.25) is 0 Å². The van der Waals surface area contributed by atoms with E-state index in [0.717, 1.165) is 64.2 Å². The molecule has 206 valence electrons. The van der Waals surface area contributed by atoms with Gasteiger partial charge in [-0.2, -0.15) is 0 Å². The van der Waals surface area contributed by atoms with Crippen LogP contribution in [0.15, 0.2) is 121 Å². The van der Waals surface area contributed by atoms with Gasteiger partial charge < -0.3 is 0 Å². The van der Waals surface area contributed by atoms with Crippen molar-refractivity contribution in [3.63, 3.8) is 0 Å². The van der Waals surface area contributed by atoms with Crippen LogP contribution in [-0.2, 0) is 0 Å². The molecule has 0 spiro atoms. The zero-order valence-electron chi connectivity index (χ0n) is 21.7. The molecule has 0 aliphatic carbocycles. The molecule has 0 bridgehead atoms. The van der Waals surface area contributed by atoms with Crippen molar-refractivity contribution in [2.45, 2.75) is 0 Å². The van der Waals surface area contributed by atoms with Crippen LogP contribution >= 0.6 is 34.6 Å². The van der Waals surface area contributed by atoms with Gasteiger partial charge in [-0.05, 0) is 0 Å². The molecule has 2 aliphatic rings. The van der Waals surface area contributed by atoms with Gasteiger partial charge in [-0.25, -0.2) is 0 Å². The van der Waals surface area contributed by atoms with Gasteiger partial charge in [-0.1, -0.05) is 0 Å². The Morgan fingerprint density at radius 3 is 0.976 bits per heavy atom. The van der Waals surface area contributed by atoms with Crippen molar-refractivity contribution in [1.29, 1.82) is 0 Å². The Kier molecular flexibility index (Phi) is 6.76. The summed E-state index contributed by atoms with van der Waals surface area (Å²) in [6.45, 7) is 0. The fraction of sp³-hybridized carbons (Fsp3) is 0. The summed E-state index contributed by atoms with van der Waals surface area (Å²) >= 11 is 10.0. The molecule has 0 atom stereocenters. The van der Waals surface area contributed by atoms with E-state index in [1.54, 1.807) is 22.7 Å². The second-order valence-corrected chi connectivity index (χ2v) is 22.1. The van der Waals surface area contributed by atoms with Crippen molar-refractivity contribution < 1.29 is 18.1 Å². The molecule has 0 saturated heterocycles. The van der Waals surface area contributed by atoms with E-state index in [0.29, 0.717) is 0 Å². The molecule has 10 heteroatoms. The number of benzene rings is 4. The summed E-state index contributed by atoms with van der Waals surface area (Å²) in [5.74, 6) is -1.90. The van der Waals surface area contributed by atoms with Crippen LogP contribution in [0.4, 0.5) is 0 Å². The Morgan fingerprint density at radius 2 is 0.667 bits per heavy atom. The molecule has 0 unspecified atom stereocenters. The van der Waals surface area contributed by atoms with E-state index in [4.69, 9.17) is 18.1 Å². The SMILES string of the molecule is [Se]=P1(c2ccc(-c3ccc(P4(=[Se])Oc5ccccc5-c5ccccc5O4)s3)s2)Oc2ccccc2-c2ccccc2O1. The summed E-state index contributed by atoms with van der Waals surface area (Å²) in [5.41, 5.74) is 4.13. The minimum absolute atomic E-state index is 0.819. The van der Waals surface area contributed by atoms with E-state index >= 15 is 0 Å². The Labute approximate surface area is 266 Å². The van der Waals surface area contributed by atoms with Crippen molar-refractivity contribution in [3.8, 4) is 55.0 Å². The third-order valence-electron chi connectivity index (χ3n) is 6.97. The van der Waals surface area contributed by atoms with Crippen molar-refractivity contribution >= 4 is 74.0 Å². The average Bonchev–Trinajstić information content (AvgIpc) is 3.65. The summed E-state index contributed by atoms with van der Waals surface area (Å²) in [4.78, 5) is 2.27. The molecule has 2 aliphatic heterocycles. The second kappa shape index (κ2) is 10.5. The fourth-order valence-corrected chi connectivity index (χ4v) is 15.4. The molecule has 6 aromatic rings. The summed E-state index contributed by atoms with van der Waals surface area (Å²) in [7, 11) is 0. The summed E-state index contributed by atoms with van der Waals surface area (Å²) in [6, 6.07) is 41.0. The molecule has 0 amide bonds. The van der Waals surface area contributed by atoms with Gasteiger partial charge in [-0.3, -0.25) is 0 Å². The van der Waals surface area contributed by atoms with Crippen LogP contribution in [0.1, 0.15) is 0 Å². The van der Waals surface area contributed by atoms with Crippen LogP contribution in [0.3, 0.4) is 0 Å². The van der Waals surface area contributed by atoms with Crippen molar-refractivity contribution in [2.24, 2.45) is 0 Å². The number of rotatable bonds is 3. The fourth-order valence-electron chi connectivity index (χ4n) is 5.02. The Morgan fingerprint density at radius 1 is 0.381 bits per heavy atom. The van der Waals surface area contributed by atoms with Crippen molar-refractivity contribution in [1.82, 2.24) is 0 Å². The Hall–Kier alpha value is -2.62. The molecule has 4 nitrogen and oxygen atoms in total. The van der Waals surface area contributed by atoms with Crippen LogP contribution < -0.4 is 27.3 Å². The summed E-state index contributed by atoms with van der Waals surface area (Å²) in [5, 5.41) is 0. The molecule has 8 rings (SSSR count). The molecule has 4 heterocycles. The van der Waals surface area contributed by atoms with Gasteiger partial charge in [0.05, 0.1) is 0 Å². The number of hydrogen-bond donors (Lipinski definition) is 0. The van der Waals surface area contributed by atoms with E-state index in [2.05, 4.69) is 78.7 Å². The molecule has 0 radical (unpaired) electrons. The number of fused-ring (bicyclic) bond motifs is 6. The first kappa shape index (κ1) is 27.0. The van der Waals surface area contributed by atoms with Gasteiger partial charge in [0.1, 0.15) is 0 Å². The molecule has 0 saturated carbocycles. The quantitative estimate of drug-likeness (QED) is 0.134. The number of thiophene rings is 2. The molecular formula is C32H20O4P2S2Se2. The van der Waals surface area contributed by atoms with Gasteiger partial charge in [0.15, 0.2) is 0 Å². The molecule has 2 aromatic heterocycles. The first-order valence-corrected chi connectivity index (χ1v) is 22.4. The monoisotopic (exact) mass is 754 g/mol. The molecule has 4 aromatic carbocycles. The predicted octanol–water partition coefficient (Wildman–Crippen LogP) is 8.87. The van der Waals surface area contributed by atoms with E-state index in [-0.39, 0.29) is 0 Å². The zero-order chi connectivity index (χ0) is 28.3. The third-order valence-corrected chi connectivity index (χ3v) is 20.0. The first-order chi connectivity index (χ1) is 20.5. The van der Waals surface area contributed by atoms with Gasteiger partial charge in [-0.15, -0.1) is 0 Å². The van der Waals surface area contributed by atoms with Crippen LogP contribution in [0.5, 0.6) is 23.0 Å². The van der Waals surface area contributed by atoms with Crippen LogP contribution in [0, 0.1) is 0 Å². The van der Waals surface area contributed by atoms with Gasteiger partial charge in [0.25, 0.3) is 0 Å². The van der Waals surface area contributed by atoms with Crippen LogP contribution in [0.2, 0.25) is 0 Å². The zero-order valence-corrected chi connectivity index (χ0v) is 28.6. The molecule has 0 fully saturated rings. The van der Waals surface area contributed by atoms with E-state index in [1.165, 1.54) is 0 Å². The van der Waals surface area contributed by atoms with Gasteiger partial charge >= 0.3 is 268 Å². The van der Waals surface area contributed by atoms with Gasteiger partial charge in [0, 0.05) is 0 Å². The average molecular weight is 753 g/mol. The topological polar surface area (TPSA) is 36.9 Å². The molecule has 42 heavy (non-hydrogen) atoms. The van der Waals surface area contributed by atoms with Crippen LogP contribution in [0.25, 0.3) is 32.0 Å². The van der Waals surface area contributed by atoms with Crippen molar-refractivity contribution in [3.05, 3.63) is 121 Å². The van der Waals surface area contributed by atoms with E-state index in [1.807, 2.05) is 72.8 Å². The van der Waals surface area contributed by atoms with E-state index in [9.17, 15) is 0 Å². The maximum absolute atomic E-state index is 6.67. The number of para-hydroxylation sites is 4. The van der Waals surface area contributed by atoms with Crippen LogP contribution in [-0.4, -0.2) is 30.2 Å². The second-order valence-electron chi connectivity index (χ2n) is 9.62. The molecule has 0 N–H and O–H groups in total. The summed E-state index contributed by atoms with van der Waals surface area (Å²) < 4.78 is 28.7. The third kappa shape index (κ3) is 4.63. The Balaban J connectivity index is 1.15. The van der Waals surface area contributed by atoms with Crippen molar-refractivity contribution in [2.75, 3.05) is 0 Å². The number of hydrogen-bond acceptors (Lipinski definition) is 6. The predicted molar refractivity (Wildman–Crippen MR) is 179 cm³/mol. The summed E-state index contributed by atoms with van der Waals surface area (Å²) in [6.07, 6.45) is 0. The maximum atomic E-state index is 6.67.